The largest absolute Gasteiger partial charge is 0.494 e. The minimum absolute atomic E-state index is 0.0505. The molecule has 0 aliphatic rings. The van der Waals surface area contributed by atoms with E-state index in [-0.39, 0.29) is 24.5 Å². The highest BCUT2D eigenvalue weighted by Crippen LogP contribution is 2.32. The molecular weight excluding hydrogens is 577 g/mol. The van der Waals surface area contributed by atoms with Gasteiger partial charge in [0, 0.05) is 17.5 Å². The molecule has 3 aromatic rings. The van der Waals surface area contributed by atoms with Gasteiger partial charge >= 0.3 is 18.0 Å². The average molecular weight is 615 g/mol. The standard InChI is InChI=1S/C33H37F3N2O6/c34-17-3-6-18-41-29-14-10-26(11-15-29)33(35,36)44-30-12-7-24(8-13-30)9-16-31(39)42-19-4-1-2-5-20-43-32(40)25-21-27(37)23-28(38)22-25/h7-16,21-23H,1-6,17-20,37-38H2. The number of carbonyl (C=O) groups excluding carboxylic acids is 2. The summed E-state index contributed by atoms with van der Waals surface area (Å²) in [5.41, 5.74) is 12.7. The summed E-state index contributed by atoms with van der Waals surface area (Å²) in [5, 5.41) is 0. The first-order valence-electron chi connectivity index (χ1n) is 14.3. The summed E-state index contributed by atoms with van der Waals surface area (Å²) in [5.74, 6) is -0.648. The Bertz CT molecular complexity index is 1340. The number of anilines is 2. The Balaban J connectivity index is 1.30. The van der Waals surface area contributed by atoms with Crippen LogP contribution in [0.2, 0.25) is 0 Å². The average Bonchev–Trinajstić information content (AvgIpc) is 2.99. The molecule has 4 N–H and O–H groups in total. The summed E-state index contributed by atoms with van der Waals surface area (Å²) < 4.78 is 62.1. The number of hydrogen-bond acceptors (Lipinski definition) is 8. The maximum Gasteiger partial charge on any atom is 0.426 e. The Labute approximate surface area is 254 Å². The number of rotatable bonds is 18. The van der Waals surface area contributed by atoms with Crippen molar-refractivity contribution in [1.29, 1.82) is 0 Å². The Morgan fingerprint density at radius 1 is 0.727 bits per heavy atom. The Morgan fingerprint density at radius 3 is 1.95 bits per heavy atom. The lowest BCUT2D eigenvalue weighted by Crippen LogP contribution is -2.21. The fourth-order valence-electron chi connectivity index (χ4n) is 3.97. The van der Waals surface area contributed by atoms with Gasteiger partial charge in [0.1, 0.15) is 11.5 Å². The van der Waals surface area contributed by atoms with Crippen LogP contribution >= 0.6 is 0 Å². The molecule has 44 heavy (non-hydrogen) atoms. The summed E-state index contributed by atoms with van der Waals surface area (Å²) in [4.78, 5) is 24.1. The number of esters is 2. The second-order valence-electron chi connectivity index (χ2n) is 9.90. The smallest absolute Gasteiger partial charge is 0.426 e. The van der Waals surface area contributed by atoms with Gasteiger partial charge in [-0.2, -0.15) is 8.78 Å². The van der Waals surface area contributed by atoms with Crippen LogP contribution in [-0.4, -0.2) is 38.4 Å². The topological polar surface area (TPSA) is 123 Å². The maximum absolute atomic E-state index is 14.6. The predicted molar refractivity (Wildman–Crippen MR) is 162 cm³/mol. The highest BCUT2D eigenvalue weighted by molar-refractivity contribution is 5.91. The van der Waals surface area contributed by atoms with Crippen molar-refractivity contribution in [1.82, 2.24) is 0 Å². The number of benzene rings is 3. The molecule has 0 aliphatic carbocycles. The zero-order valence-electron chi connectivity index (χ0n) is 24.3. The third-order valence-electron chi connectivity index (χ3n) is 6.25. The van der Waals surface area contributed by atoms with E-state index in [0.29, 0.717) is 60.5 Å². The van der Waals surface area contributed by atoms with Crippen molar-refractivity contribution in [3.63, 3.8) is 0 Å². The van der Waals surface area contributed by atoms with Gasteiger partial charge in [0.25, 0.3) is 0 Å². The highest BCUT2D eigenvalue weighted by Gasteiger charge is 2.34. The fraction of sp³-hybridized carbons (Fsp3) is 0.333. The zero-order chi connectivity index (χ0) is 31.8. The Morgan fingerprint density at radius 2 is 1.32 bits per heavy atom. The quantitative estimate of drug-likeness (QED) is 0.0674. The molecule has 0 bridgehead atoms. The number of carbonyl (C=O) groups is 2. The van der Waals surface area contributed by atoms with E-state index in [4.69, 9.17) is 30.4 Å². The molecule has 8 nitrogen and oxygen atoms in total. The van der Waals surface area contributed by atoms with Gasteiger partial charge < -0.3 is 30.4 Å². The number of alkyl halides is 3. The van der Waals surface area contributed by atoms with Crippen LogP contribution in [-0.2, 0) is 20.4 Å². The van der Waals surface area contributed by atoms with Gasteiger partial charge in [-0.3, -0.25) is 4.39 Å². The van der Waals surface area contributed by atoms with Crippen LogP contribution in [0.1, 0.15) is 60.0 Å². The van der Waals surface area contributed by atoms with E-state index in [1.807, 2.05) is 0 Å². The number of nitrogen functional groups attached to an aromatic ring is 2. The number of halogens is 3. The van der Waals surface area contributed by atoms with Crippen molar-refractivity contribution >= 4 is 29.4 Å². The predicted octanol–water partition coefficient (Wildman–Crippen LogP) is 7.08. The molecule has 11 heteroatoms. The SMILES string of the molecule is Nc1cc(N)cc(C(=O)OCCCCCCOC(=O)C=Cc2ccc(OC(F)(F)c3ccc(OCCCCF)cc3)cc2)c1. The Hall–Kier alpha value is -4.67. The lowest BCUT2D eigenvalue weighted by atomic mass is 10.2. The monoisotopic (exact) mass is 614 g/mol. The molecule has 0 spiro atoms. The van der Waals surface area contributed by atoms with Crippen LogP contribution in [0, 0.1) is 0 Å². The maximum atomic E-state index is 14.6. The lowest BCUT2D eigenvalue weighted by molar-refractivity contribution is -0.185. The van der Waals surface area contributed by atoms with Crippen molar-refractivity contribution < 1.29 is 41.7 Å². The lowest BCUT2D eigenvalue weighted by Gasteiger charge is -2.18. The van der Waals surface area contributed by atoms with Gasteiger partial charge in [-0.05, 0) is 105 Å². The van der Waals surface area contributed by atoms with Crippen LogP contribution < -0.4 is 20.9 Å². The molecule has 0 saturated heterocycles. The number of nitrogens with two attached hydrogens (primary N) is 2. The van der Waals surface area contributed by atoms with Crippen LogP contribution in [0.25, 0.3) is 6.08 Å². The van der Waals surface area contributed by atoms with Gasteiger partial charge in [0.15, 0.2) is 0 Å². The van der Waals surface area contributed by atoms with E-state index < -0.39 is 24.7 Å². The van der Waals surface area contributed by atoms with E-state index >= 15 is 0 Å². The molecule has 3 aromatic carbocycles. The zero-order valence-corrected chi connectivity index (χ0v) is 24.3. The number of ether oxygens (including phenoxy) is 4. The van der Waals surface area contributed by atoms with E-state index in [1.165, 1.54) is 72.8 Å². The van der Waals surface area contributed by atoms with E-state index in [1.54, 1.807) is 6.07 Å². The molecule has 0 aliphatic heterocycles. The molecule has 0 unspecified atom stereocenters. The first-order chi connectivity index (χ1) is 21.2. The summed E-state index contributed by atoms with van der Waals surface area (Å²) in [7, 11) is 0. The van der Waals surface area contributed by atoms with Gasteiger partial charge in [0.2, 0.25) is 0 Å². The van der Waals surface area contributed by atoms with Crippen LogP contribution in [0.5, 0.6) is 11.5 Å². The van der Waals surface area contributed by atoms with Crippen molar-refractivity contribution in [2.24, 2.45) is 0 Å². The van der Waals surface area contributed by atoms with Gasteiger partial charge in [-0.15, -0.1) is 0 Å². The van der Waals surface area contributed by atoms with Crippen LogP contribution in [0.4, 0.5) is 24.5 Å². The molecule has 0 fully saturated rings. The summed E-state index contributed by atoms with van der Waals surface area (Å²) in [6.45, 7) is 0.371. The van der Waals surface area contributed by atoms with E-state index in [2.05, 4.69) is 0 Å². The van der Waals surface area contributed by atoms with Gasteiger partial charge in [-0.25, -0.2) is 9.59 Å². The minimum atomic E-state index is -3.58. The fourth-order valence-corrected chi connectivity index (χ4v) is 3.97. The number of hydrogen-bond donors (Lipinski definition) is 2. The molecule has 236 valence electrons. The van der Waals surface area contributed by atoms with Crippen molar-refractivity contribution in [3.05, 3.63) is 89.5 Å². The van der Waals surface area contributed by atoms with Crippen molar-refractivity contribution in [2.45, 2.75) is 44.6 Å². The van der Waals surface area contributed by atoms with Crippen LogP contribution in [0.3, 0.4) is 0 Å². The van der Waals surface area contributed by atoms with Crippen molar-refractivity contribution in [2.75, 3.05) is 38.0 Å². The minimum Gasteiger partial charge on any atom is -0.494 e. The molecule has 0 saturated carbocycles. The molecular formula is C33H37F3N2O6. The summed E-state index contributed by atoms with van der Waals surface area (Å²) in [6.07, 6.45) is 3.00. The Kier molecular flexibility index (Phi) is 13.4. The second kappa shape index (κ2) is 17.4. The summed E-state index contributed by atoms with van der Waals surface area (Å²) >= 11 is 0. The third kappa shape index (κ3) is 11.9. The second-order valence-corrected chi connectivity index (χ2v) is 9.90. The molecule has 0 heterocycles. The molecule has 0 atom stereocenters. The first-order valence-corrected chi connectivity index (χ1v) is 14.3. The molecule has 0 aromatic heterocycles. The van der Waals surface area contributed by atoms with E-state index in [9.17, 15) is 22.8 Å². The van der Waals surface area contributed by atoms with Crippen LogP contribution in [0.15, 0.2) is 72.8 Å². The van der Waals surface area contributed by atoms with E-state index in [0.717, 1.165) is 12.8 Å². The molecule has 0 radical (unpaired) electrons. The van der Waals surface area contributed by atoms with Crippen molar-refractivity contribution in [3.8, 4) is 11.5 Å². The normalized spacial score (nSPS) is 11.3. The van der Waals surface area contributed by atoms with Gasteiger partial charge in [0.05, 0.1) is 37.6 Å². The van der Waals surface area contributed by atoms with Gasteiger partial charge in [-0.1, -0.05) is 12.1 Å². The molecule has 0 amide bonds. The third-order valence-corrected chi connectivity index (χ3v) is 6.25. The summed E-state index contributed by atoms with van der Waals surface area (Å²) in [6, 6.07) is 15.7. The number of unbranched alkanes of at least 4 members (excludes halogenated alkanes) is 4. The first kappa shape index (κ1) is 33.8. The molecule has 3 rings (SSSR count). The highest BCUT2D eigenvalue weighted by atomic mass is 19.3.